The molecule has 0 saturated heterocycles. The Morgan fingerprint density at radius 2 is 2.06 bits per heavy atom. The van der Waals surface area contributed by atoms with Gasteiger partial charge in [-0.1, -0.05) is 0 Å². The fourth-order valence-corrected chi connectivity index (χ4v) is 1.24. The van der Waals surface area contributed by atoms with Crippen molar-refractivity contribution in [3.63, 3.8) is 0 Å². The average Bonchev–Trinajstić information content (AvgIpc) is 2.16. The maximum absolute atomic E-state index is 13.2. The lowest BCUT2D eigenvalue weighted by atomic mass is 10.3. The van der Waals surface area contributed by atoms with Crippen LogP contribution in [0, 0.1) is 5.82 Å². The molecule has 1 aromatic rings. The molecular formula is C9H11F4N3. The Hall–Kier alpha value is -1.37. The summed E-state index contributed by atoms with van der Waals surface area (Å²) in [5.41, 5.74) is 5.18. The van der Waals surface area contributed by atoms with Crippen LogP contribution < -0.4 is 10.6 Å². The molecule has 0 atom stereocenters. The predicted octanol–water partition coefficient (Wildman–Crippen LogP) is 1.55. The first-order valence-corrected chi connectivity index (χ1v) is 4.56. The van der Waals surface area contributed by atoms with E-state index in [4.69, 9.17) is 5.73 Å². The summed E-state index contributed by atoms with van der Waals surface area (Å²) in [6, 6.07) is 2.37. The number of hydrogen-bond donors (Lipinski definition) is 1. The zero-order valence-electron chi connectivity index (χ0n) is 8.34. The third-order valence-electron chi connectivity index (χ3n) is 1.81. The Kier molecular flexibility index (Phi) is 4.05. The lowest BCUT2D eigenvalue weighted by Gasteiger charge is -2.24. The third-order valence-corrected chi connectivity index (χ3v) is 1.81. The molecule has 1 heterocycles. The summed E-state index contributed by atoms with van der Waals surface area (Å²) in [5, 5.41) is 0. The minimum absolute atomic E-state index is 0.00784. The van der Waals surface area contributed by atoms with Gasteiger partial charge in [-0.2, -0.15) is 13.2 Å². The monoisotopic (exact) mass is 237 g/mol. The molecule has 0 aromatic carbocycles. The second-order valence-corrected chi connectivity index (χ2v) is 3.13. The zero-order valence-corrected chi connectivity index (χ0v) is 8.34. The van der Waals surface area contributed by atoms with Crippen LogP contribution in [0.1, 0.15) is 0 Å². The number of nitrogens with two attached hydrogens (primary N) is 1. The molecule has 0 aliphatic heterocycles. The van der Waals surface area contributed by atoms with Crippen molar-refractivity contribution in [2.75, 3.05) is 24.5 Å². The molecule has 0 bridgehead atoms. The molecule has 0 aliphatic rings. The van der Waals surface area contributed by atoms with Gasteiger partial charge >= 0.3 is 6.18 Å². The van der Waals surface area contributed by atoms with Gasteiger partial charge < -0.3 is 10.6 Å². The molecule has 7 heteroatoms. The Bertz CT molecular complexity index is 340. The van der Waals surface area contributed by atoms with Crippen molar-refractivity contribution in [2.45, 2.75) is 6.18 Å². The van der Waals surface area contributed by atoms with Crippen LogP contribution in [-0.2, 0) is 0 Å². The molecule has 0 saturated carbocycles. The molecule has 2 N–H and O–H groups in total. The van der Waals surface area contributed by atoms with Gasteiger partial charge in [-0.05, 0) is 12.1 Å². The van der Waals surface area contributed by atoms with Crippen molar-refractivity contribution in [3.05, 3.63) is 24.1 Å². The van der Waals surface area contributed by atoms with E-state index in [1.54, 1.807) is 0 Å². The van der Waals surface area contributed by atoms with Gasteiger partial charge in [0.05, 0.1) is 0 Å². The van der Waals surface area contributed by atoms with Crippen LogP contribution in [-0.4, -0.2) is 30.8 Å². The van der Waals surface area contributed by atoms with Gasteiger partial charge in [0.2, 0.25) is 0 Å². The number of alkyl halides is 3. The van der Waals surface area contributed by atoms with Crippen molar-refractivity contribution in [1.82, 2.24) is 4.98 Å². The molecule has 16 heavy (non-hydrogen) atoms. The summed E-state index contributed by atoms with van der Waals surface area (Å²) in [5.74, 6) is -1.12. The van der Waals surface area contributed by atoms with Crippen LogP contribution in [0.2, 0.25) is 0 Å². The maximum Gasteiger partial charge on any atom is 0.405 e. The number of halogens is 4. The molecule has 90 valence electrons. The van der Waals surface area contributed by atoms with E-state index in [-0.39, 0.29) is 18.9 Å². The van der Waals surface area contributed by atoms with E-state index in [9.17, 15) is 17.6 Å². The van der Waals surface area contributed by atoms with Gasteiger partial charge in [-0.25, -0.2) is 9.37 Å². The highest BCUT2D eigenvalue weighted by Gasteiger charge is 2.31. The van der Waals surface area contributed by atoms with Gasteiger partial charge in [0.25, 0.3) is 0 Å². The minimum atomic E-state index is -4.42. The number of pyridine rings is 1. The van der Waals surface area contributed by atoms with E-state index in [2.05, 4.69) is 4.98 Å². The molecule has 3 nitrogen and oxygen atoms in total. The molecule has 0 amide bonds. The van der Waals surface area contributed by atoms with Gasteiger partial charge in [0.1, 0.15) is 6.54 Å². The number of rotatable bonds is 4. The van der Waals surface area contributed by atoms with Crippen LogP contribution in [0.3, 0.4) is 0 Å². The van der Waals surface area contributed by atoms with Gasteiger partial charge in [0, 0.05) is 19.3 Å². The third kappa shape index (κ3) is 3.65. The van der Waals surface area contributed by atoms with E-state index in [0.717, 1.165) is 11.0 Å². The maximum atomic E-state index is 13.2. The summed E-state index contributed by atoms with van der Waals surface area (Å²) in [6.07, 6.45) is -3.18. The largest absolute Gasteiger partial charge is 0.405 e. The van der Waals surface area contributed by atoms with Gasteiger partial charge in [-0.15, -0.1) is 0 Å². The average molecular weight is 237 g/mol. The number of nitrogens with zero attached hydrogens (tertiary/aromatic N) is 2. The lowest BCUT2D eigenvalue weighted by Crippen LogP contribution is -2.38. The van der Waals surface area contributed by atoms with Crippen LogP contribution in [0.5, 0.6) is 0 Å². The predicted molar refractivity (Wildman–Crippen MR) is 51.5 cm³/mol. The SMILES string of the molecule is NCCN(CC(F)(F)F)c1ncccc1F. The van der Waals surface area contributed by atoms with Gasteiger partial charge in [-0.3, -0.25) is 0 Å². The van der Waals surface area contributed by atoms with Crippen molar-refractivity contribution >= 4 is 5.82 Å². The molecule has 1 rings (SSSR count). The standard InChI is InChI=1S/C9H11F4N3/c10-7-2-1-4-15-8(7)16(5-3-14)6-9(11,12)13/h1-2,4H,3,5-6,14H2. The normalized spacial score (nSPS) is 11.6. The van der Waals surface area contributed by atoms with E-state index >= 15 is 0 Å². The van der Waals surface area contributed by atoms with Gasteiger partial charge in [0.15, 0.2) is 11.6 Å². The van der Waals surface area contributed by atoms with Crippen molar-refractivity contribution in [2.24, 2.45) is 5.73 Å². The summed E-state index contributed by atoms with van der Waals surface area (Å²) >= 11 is 0. The van der Waals surface area contributed by atoms with Crippen LogP contribution in [0.4, 0.5) is 23.4 Å². The first-order chi connectivity index (χ1) is 7.44. The molecule has 0 radical (unpaired) electrons. The zero-order chi connectivity index (χ0) is 12.2. The quantitative estimate of drug-likeness (QED) is 0.808. The van der Waals surface area contributed by atoms with E-state index < -0.39 is 18.5 Å². The smallest absolute Gasteiger partial charge is 0.344 e. The second kappa shape index (κ2) is 5.11. The van der Waals surface area contributed by atoms with E-state index in [1.807, 2.05) is 0 Å². The van der Waals surface area contributed by atoms with Crippen LogP contribution in [0.25, 0.3) is 0 Å². The fraction of sp³-hybridized carbons (Fsp3) is 0.444. The van der Waals surface area contributed by atoms with Crippen LogP contribution >= 0.6 is 0 Å². The number of anilines is 1. The van der Waals surface area contributed by atoms with Crippen molar-refractivity contribution in [3.8, 4) is 0 Å². The Morgan fingerprint density at radius 3 is 2.56 bits per heavy atom. The highest BCUT2D eigenvalue weighted by molar-refractivity contribution is 5.39. The Balaban J connectivity index is 2.89. The first-order valence-electron chi connectivity index (χ1n) is 4.56. The summed E-state index contributed by atoms with van der Waals surface area (Å²) in [4.78, 5) is 4.35. The summed E-state index contributed by atoms with van der Waals surface area (Å²) < 4.78 is 49.9. The Labute approximate surface area is 89.9 Å². The Morgan fingerprint density at radius 1 is 1.38 bits per heavy atom. The molecular weight excluding hydrogens is 226 g/mol. The number of hydrogen-bond acceptors (Lipinski definition) is 3. The summed E-state index contributed by atoms with van der Waals surface area (Å²) in [7, 11) is 0. The fourth-order valence-electron chi connectivity index (χ4n) is 1.24. The molecule has 0 aliphatic carbocycles. The highest BCUT2D eigenvalue weighted by atomic mass is 19.4. The van der Waals surface area contributed by atoms with Crippen molar-refractivity contribution in [1.29, 1.82) is 0 Å². The number of aromatic nitrogens is 1. The first kappa shape index (κ1) is 12.7. The van der Waals surface area contributed by atoms with Crippen LogP contribution in [0.15, 0.2) is 18.3 Å². The topological polar surface area (TPSA) is 42.1 Å². The lowest BCUT2D eigenvalue weighted by molar-refractivity contribution is -0.119. The van der Waals surface area contributed by atoms with E-state index in [0.29, 0.717) is 0 Å². The van der Waals surface area contributed by atoms with Crippen molar-refractivity contribution < 1.29 is 17.6 Å². The summed E-state index contributed by atoms with van der Waals surface area (Å²) in [6.45, 7) is -1.38. The van der Waals surface area contributed by atoms with E-state index in [1.165, 1.54) is 12.3 Å². The minimum Gasteiger partial charge on any atom is -0.344 e. The molecule has 0 spiro atoms. The molecule has 0 unspecified atom stereocenters. The molecule has 0 fully saturated rings. The molecule has 1 aromatic heterocycles. The second-order valence-electron chi connectivity index (χ2n) is 3.13. The highest BCUT2D eigenvalue weighted by Crippen LogP contribution is 2.21.